The molecule has 14 heavy (non-hydrogen) atoms. The molecule has 0 atom stereocenters. The highest BCUT2D eigenvalue weighted by atomic mass is 35.5. The van der Waals surface area contributed by atoms with E-state index in [0.717, 1.165) is 11.3 Å². The van der Waals surface area contributed by atoms with Crippen molar-refractivity contribution < 1.29 is 14.3 Å². The minimum atomic E-state index is -0.505. The predicted molar refractivity (Wildman–Crippen MR) is 54.5 cm³/mol. The van der Waals surface area contributed by atoms with Gasteiger partial charge in [-0.3, -0.25) is 4.79 Å². The minimum absolute atomic E-state index is 0.122. The average molecular weight is 242 g/mol. The van der Waals surface area contributed by atoms with Crippen molar-refractivity contribution >= 4 is 35.2 Å². The van der Waals surface area contributed by atoms with Crippen LogP contribution in [-0.4, -0.2) is 35.4 Å². The van der Waals surface area contributed by atoms with Gasteiger partial charge >= 0.3 is 6.09 Å². The highest BCUT2D eigenvalue weighted by Crippen LogP contribution is 2.10. The van der Waals surface area contributed by atoms with E-state index in [1.807, 2.05) is 0 Å². The second kappa shape index (κ2) is 7.88. The first kappa shape index (κ1) is 13.5. The number of hydrogen-bond acceptors (Lipinski definition) is 3. The van der Waals surface area contributed by atoms with Gasteiger partial charge in [0.2, 0.25) is 5.91 Å². The molecule has 0 radical (unpaired) electrons. The number of likely N-dealkylation sites (tertiary alicyclic amines) is 1. The van der Waals surface area contributed by atoms with Crippen LogP contribution in [0, 0.1) is 0 Å². The second-order valence-electron chi connectivity index (χ2n) is 2.45. The number of ether oxygens (including phenoxy) is 1. The normalized spacial score (nSPS) is 14.8. The van der Waals surface area contributed by atoms with E-state index in [1.165, 1.54) is 0 Å². The van der Waals surface area contributed by atoms with Crippen molar-refractivity contribution in [2.24, 2.45) is 0 Å². The molecule has 0 N–H and O–H groups in total. The Kier molecular flexibility index (Phi) is 7.61. The highest BCUT2D eigenvalue weighted by Gasteiger charge is 2.26. The molecule has 0 aliphatic carbocycles. The minimum Gasteiger partial charge on any atom is -0.449 e. The standard InChI is InChI=1S/C7H11NO3.CH2Cl2/c1-2-11-7(10)8-5-3-4-6(8)9;2-1-3/h2-5H2,1H3;1H2. The van der Waals surface area contributed by atoms with Gasteiger partial charge in [0.1, 0.15) is 0 Å². The predicted octanol–water partition coefficient (Wildman–Crippen LogP) is 2.19. The van der Waals surface area contributed by atoms with Gasteiger partial charge in [0.15, 0.2) is 0 Å². The van der Waals surface area contributed by atoms with Gasteiger partial charge < -0.3 is 4.74 Å². The number of rotatable bonds is 1. The van der Waals surface area contributed by atoms with Crippen molar-refractivity contribution in [1.82, 2.24) is 4.90 Å². The van der Waals surface area contributed by atoms with Crippen LogP contribution < -0.4 is 0 Å². The van der Waals surface area contributed by atoms with Crippen LogP contribution in [0.15, 0.2) is 0 Å². The Balaban J connectivity index is 0.000000500. The Morgan fingerprint density at radius 3 is 2.50 bits per heavy atom. The molecule has 0 aromatic rings. The Morgan fingerprint density at radius 2 is 2.14 bits per heavy atom. The van der Waals surface area contributed by atoms with E-state index in [0.29, 0.717) is 19.6 Å². The van der Waals surface area contributed by atoms with Crippen molar-refractivity contribution in [3.8, 4) is 0 Å². The van der Waals surface area contributed by atoms with Gasteiger partial charge in [0.05, 0.1) is 11.9 Å². The van der Waals surface area contributed by atoms with Crippen LogP contribution in [0.5, 0.6) is 0 Å². The maximum Gasteiger partial charge on any atom is 0.416 e. The lowest BCUT2D eigenvalue weighted by atomic mass is 10.4. The van der Waals surface area contributed by atoms with E-state index in [9.17, 15) is 9.59 Å². The molecule has 1 heterocycles. The van der Waals surface area contributed by atoms with Gasteiger partial charge in [-0.15, -0.1) is 23.2 Å². The van der Waals surface area contributed by atoms with E-state index in [2.05, 4.69) is 4.74 Å². The lowest BCUT2D eigenvalue weighted by molar-refractivity contribution is -0.126. The molecule has 1 aliphatic rings. The average Bonchev–Trinajstić information content (AvgIpc) is 2.53. The van der Waals surface area contributed by atoms with Crippen molar-refractivity contribution in [1.29, 1.82) is 0 Å². The largest absolute Gasteiger partial charge is 0.449 e. The van der Waals surface area contributed by atoms with Crippen LogP contribution in [0.4, 0.5) is 4.79 Å². The monoisotopic (exact) mass is 241 g/mol. The van der Waals surface area contributed by atoms with E-state index in [-0.39, 0.29) is 11.2 Å². The Hall–Kier alpha value is -0.480. The number of imide groups is 1. The smallest absolute Gasteiger partial charge is 0.416 e. The zero-order valence-electron chi connectivity index (χ0n) is 7.96. The number of carbonyl (C=O) groups excluding carboxylic acids is 2. The molecule has 0 bridgehead atoms. The number of alkyl halides is 2. The topological polar surface area (TPSA) is 46.6 Å². The summed E-state index contributed by atoms with van der Waals surface area (Å²) in [5.74, 6) is -0.122. The SMILES string of the molecule is CCOC(=O)N1CCCC1=O.ClCCl. The first-order valence-corrected chi connectivity index (χ1v) is 5.33. The molecule has 0 aromatic heterocycles. The molecule has 0 spiro atoms. The summed E-state index contributed by atoms with van der Waals surface area (Å²) in [5.41, 5.74) is 0. The fourth-order valence-electron chi connectivity index (χ4n) is 1.04. The summed E-state index contributed by atoms with van der Waals surface area (Å²) < 4.78 is 4.66. The molecule has 2 amide bonds. The van der Waals surface area contributed by atoms with Crippen LogP contribution in [0.2, 0.25) is 0 Å². The maximum atomic E-state index is 10.9. The second-order valence-corrected chi connectivity index (χ2v) is 3.26. The molecule has 1 aliphatic heterocycles. The van der Waals surface area contributed by atoms with Gasteiger partial charge in [-0.25, -0.2) is 9.69 Å². The zero-order valence-corrected chi connectivity index (χ0v) is 9.48. The first-order valence-electron chi connectivity index (χ1n) is 4.26. The fourth-order valence-corrected chi connectivity index (χ4v) is 1.04. The third kappa shape index (κ3) is 4.67. The molecular formula is C8H13Cl2NO3. The molecule has 0 unspecified atom stereocenters. The Bertz CT molecular complexity index is 199. The fraction of sp³-hybridized carbons (Fsp3) is 0.750. The van der Waals surface area contributed by atoms with Gasteiger partial charge in [-0.05, 0) is 13.3 Å². The number of carbonyl (C=O) groups is 2. The van der Waals surface area contributed by atoms with Crippen LogP contribution in [0.25, 0.3) is 0 Å². The third-order valence-electron chi connectivity index (χ3n) is 1.56. The van der Waals surface area contributed by atoms with Crippen molar-refractivity contribution in [2.45, 2.75) is 19.8 Å². The van der Waals surface area contributed by atoms with E-state index < -0.39 is 6.09 Å². The van der Waals surface area contributed by atoms with Gasteiger partial charge in [0.25, 0.3) is 0 Å². The van der Waals surface area contributed by atoms with E-state index in [4.69, 9.17) is 23.2 Å². The van der Waals surface area contributed by atoms with Crippen molar-refractivity contribution in [3.63, 3.8) is 0 Å². The molecule has 4 nitrogen and oxygen atoms in total. The summed E-state index contributed by atoms with van der Waals surface area (Å²) in [4.78, 5) is 23.0. The molecule has 1 saturated heterocycles. The Morgan fingerprint density at radius 1 is 1.57 bits per heavy atom. The first-order chi connectivity index (χ1) is 6.67. The quantitative estimate of drug-likeness (QED) is 0.662. The molecule has 1 fully saturated rings. The van der Waals surface area contributed by atoms with Crippen molar-refractivity contribution in [2.75, 3.05) is 18.5 Å². The lowest BCUT2D eigenvalue weighted by Gasteiger charge is -2.11. The van der Waals surface area contributed by atoms with Crippen LogP contribution >= 0.6 is 23.2 Å². The number of amides is 2. The molecule has 1 rings (SSSR count). The van der Waals surface area contributed by atoms with E-state index >= 15 is 0 Å². The molecule has 0 aromatic carbocycles. The van der Waals surface area contributed by atoms with E-state index in [1.54, 1.807) is 6.92 Å². The van der Waals surface area contributed by atoms with Gasteiger partial charge in [-0.1, -0.05) is 0 Å². The Labute approximate surface area is 93.1 Å². The number of halogens is 2. The highest BCUT2D eigenvalue weighted by molar-refractivity contribution is 6.40. The molecule has 6 heteroatoms. The summed E-state index contributed by atoms with van der Waals surface area (Å²) in [6.45, 7) is 2.55. The number of hydrogen-bond donors (Lipinski definition) is 0. The maximum absolute atomic E-state index is 10.9. The zero-order chi connectivity index (χ0) is 11.0. The summed E-state index contributed by atoms with van der Waals surface area (Å²) in [5, 5.41) is 0.194. The summed E-state index contributed by atoms with van der Waals surface area (Å²) in [7, 11) is 0. The summed E-state index contributed by atoms with van der Waals surface area (Å²) in [6.07, 6.45) is 0.728. The molecular weight excluding hydrogens is 229 g/mol. The number of nitrogens with zero attached hydrogens (tertiary/aromatic N) is 1. The lowest BCUT2D eigenvalue weighted by Crippen LogP contribution is -2.32. The summed E-state index contributed by atoms with van der Waals surface area (Å²) in [6, 6.07) is 0. The van der Waals surface area contributed by atoms with Gasteiger partial charge in [0, 0.05) is 13.0 Å². The van der Waals surface area contributed by atoms with Crippen LogP contribution in [-0.2, 0) is 9.53 Å². The molecule has 0 saturated carbocycles. The molecule has 82 valence electrons. The third-order valence-corrected chi connectivity index (χ3v) is 1.56. The summed E-state index contributed by atoms with van der Waals surface area (Å²) >= 11 is 9.53. The van der Waals surface area contributed by atoms with Crippen LogP contribution in [0.1, 0.15) is 19.8 Å². The van der Waals surface area contributed by atoms with Gasteiger partial charge in [-0.2, -0.15) is 0 Å². The van der Waals surface area contributed by atoms with Crippen molar-refractivity contribution in [3.05, 3.63) is 0 Å². The van der Waals surface area contributed by atoms with Crippen LogP contribution in [0.3, 0.4) is 0 Å².